The number of hydrogen-bond acceptors (Lipinski definition) is 4. The number of thioether (sulfide) groups is 1. The van der Waals surface area contributed by atoms with Crippen LogP contribution in [0.5, 0.6) is 0 Å². The first-order valence-corrected chi connectivity index (χ1v) is 7.19. The molecule has 1 N–H and O–H groups in total. The van der Waals surface area contributed by atoms with Crippen molar-refractivity contribution in [2.45, 2.75) is 18.6 Å². The Morgan fingerprint density at radius 1 is 1.37 bits per heavy atom. The van der Waals surface area contributed by atoms with Gasteiger partial charge in [0.25, 0.3) is 5.22 Å². The fraction of sp³-hybridized carbons (Fsp3) is 0.286. The fourth-order valence-corrected chi connectivity index (χ4v) is 2.14. The van der Waals surface area contributed by atoms with Crippen LogP contribution in [-0.4, -0.2) is 23.2 Å². The Hall–Kier alpha value is -1.75. The van der Waals surface area contributed by atoms with Crippen molar-refractivity contribution in [1.29, 1.82) is 0 Å². The maximum atomic E-state index is 11.5. The third-order valence-electron chi connectivity index (χ3n) is 2.44. The van der Waals surface area contributed by atoms with Gasteiger partial charge in [-0.05, 0) is 6.42 Å². The molecule has 2 rings (SSSR count). The van der Waals surface area contributed by atoms with Crippen LogP contribution in [0.2, 0.25) is 0 Å². The van der Waals surface area contributed by atoms with Crippen LogP contribution in [0.15, 0.2) is 46.2 Å². The minimum Gasteiger partial charge on any atom is -0.431 e. The Morgan fingerprint density at radius 2 is 2.16 bits per heavy atom. The molecule has 0 radical (unpaired) electrons. The van der Waals surface area contributed by atoms with Gasteiger partial charge >= 0.3 is 0 Å². The van der Waals surface area contributed by atoms with E-state index in [1.807, 2.05) is 37.3 Å². The lowest BCUT2D eigenvalue weighted by molar-refractivity contribution is -0.118. The van der Waals surface area contributed by atoms with Crippen molar-refractivity contribution in [2.75, 3.05) is 12.3 Å². The molecule has 1 aromatic heterocycles. The molecule has 1 aromatic carbocycles. The number of carbonyl (C=O) groups excluding carboxylic acids is 1. The molecule has 0 fully saturated rings. The topological polar surface area (TPSA) is 55.1 Å². The number of amides is 1. The van der Waals surface area contributed by atoms with Gasteiger partial charge in [-0.1, -0.05) is 49.0 Å². The molecule has 1 amide bonds. The van der Waals surface area contributed by atoms with Gasteiger partial charge in [0.15, 0.2) is 5.76 Å². The van der Waals surface area contributed by atoms with Crippen molar-refractivity contribution in [3.8, 4) is 11.3 Å². The fourth-order valence-electron chi connectivity index (χ4n) is 1.50. The molecule has 0 unspecified atom stereocenters. The molecular weight excluding hydrogens is 260 g/mol. The zero-order chi connectivity index (χ0) is 13.5. The maximum Gasteiger partial charge on any atom is 0.256 e. The molecule has 0 aliphatic rings. The van der Waals surface area contributed by atoms with Gasteiger partial charge in [0.05, 0.1) is 11.9 Å². The molecule has 0 saturated carbocycles. The van der Waals surface area contributed by atoms with E-state index >= 15 is 0 Å². The number of rotatable bonds is 6. The Bertz CT molecular complexity index is 525. The first-order chi connectivity index (χ1) is 9.29. The lowest BCUT2D eigenvalue weighted by atomic mass is 10.2. The monoisotopic (exact) mass is 276 g/mol. The number of carbonyl (C=O) groups is 1. The van der Waals surface area contributed by atoms with Crippen LogP contribution in [0.1, 0.15) is 13.3 Å². The van der Waals surface area contributed by atoms with Crippen molar-refractivity contribution in [3.63, 3.8) is 0 Å². The lowest BCUT2D eigenvalue weighted by Crippen LogP contribution is -2.25. The number of nitrogens with one attached hydrogen (secondary N) is 1. The quantitative estimate of drug-likeness (QED) is 0.824. The summed E-state index contributed by atoms with van der Waals surface area (Å²) in [6.07, 6.45) is 2.62. The summed E-state index contributed by atoms with van der Waals surface area (Å²) in [6, 6.07) is 9.77. The molecule has 19 heavy (non-hydrogen) atoms. The van der Waals surface area contributed by atoms with Crippen LogP contribution >= 0.6 is 11.8 Å². The Labute approximate surface area is 116 Å². The predicted octanol–water partition coefficient (Wildman–Crippen LogP) is 2.96. The first kappa shape index (κ1) is 13.7. The van der Waals surface area contributed by atoms with Crippen LogP contribution in [0, 0.1) is 0 Å². The highest BCUT2D eigenvalue weighted by molar-refractivity contribution is 7.99. The van der Waals surface area contributed by atoms with E-state index in [2.05, 4.69) is 10.3 Å². The summed E-state index contributed by atoms with van der Waals surface area (Å²) in [5.74, 6) is 1.05. The lowest BCUT2D eigenvalue weighted by Gasteiger charge is -2.00. The summed E-state index contributed by atoms with van der Waals surface area (Å²) in [6.45, 7) is 2.73. The third kappa shape index (κ3) is 4.13. The second-order valence-electron chi connectivity index (χ2n) is 4.00. The molecule has 0 saturated heterocycles. The molecule has 0 bridgehead atoms. The summed E-state index contributed by atoms with van der Waals surface area (Å²) < 4.78 is 5.60. The summed E-state index contributed by atoms with van der Waals surface area (Å²) >= 11 is 1.30. The van der Waals surface area contributed by atoms with E-state index in [0.29, 0.717) is 17.5 Å². The predicted molar refractivity (Wildman–Crippen MR) is 76.0 cm³/mol. The van der Waals surface area contributed by atoms with Crippen LogP contribution in [0.25, 0.3) is 11.3 Å². The first-order valence-electron chi connectivity index (χ1n) is 6.20. The molecule has 1 heterocycles. The largest absolute Gasteiger partial charge is 0.431 e. The second kappa shape index (κ2) is 6.99. The van der Waals surface area contributed by atoms with Crippen molar-refractivity contribution in [1.82, 2.24) is 10.3 Å². The van der Waals surface area contributed by atoms with Crippen molar-refractivity contribution in [2.24, 2.45) is 0 Å². The van der Waals surface area contributed by atoms with E-state index in [0.717, 1.165) is 17.7 Å². The molecule has 0 aliphatic heterocycles. The highest BCUT2D eigenvalue weighted by atomic mass is 32.2. The van der Waals surface area contributed by atoms with E-state index < -0.39 is 0 Å². The SMILES string of the molecule is CCCNC(=O)CSc1ncc(-c2ccccc2)o1. The summed E-state index contributed by atoms with van der Waals surface area (Å²) in [5, 5.41) is 3.33. The molecule has 2 aromatic rings. The molecule has 0 spiro atoms. The van der Waals surface area contributed by atoms with Gasteiger partial charge in [-0.25, -0.2) is 4.98 Å². The molecular formula is C14H16N2O2S. The smallest absolute Gasteiger partial charge is 0.256 e. The summed E-state index contributed by atoms with van der Waals surface area (Å²) in [7, 11) is 0. The van der Waals surface area contributed by atoms with Gasteiger partial charge in [0.1, 0.15) is 0 Å². The van der Waals surface area contributed by atoms with Gasteiger partial charge < -0.3 is 9.73 Å². The summed E-state index contributed by atoms with van der Waals surface area (Å²) in [4.78, 5) is 15.6. The zero-order valence-electron chi connectivity index (χ0n) is 10.8. The van der Waals surface area contributed by atoms with Crippen LogP contribution in [0.3, 0.4) is 0 Å². The maximum absolute atomic E-state index is 11.5. The third-order valence-corrected chi connectivity index (χ3v) is 3.28. The van der Waals surface area contributed by atoms with Crippen molar-refractivity contribution < 1.29 is 9.21 Å². The standard InChI is InChI=1S/C14H16N2O2S/c1-2-8-15-13(17)10-19-14-16-9-12(18-14)11-6-4-3-5-7-11/h3-7,9H,2,8,10H2,1H3,(H,15,17). The highest BCUT2D eigenvalue weighted by Gasteiger charge is 2.08. The van der Waals surface area contributed by atoms with E-state index in [9.17, 15) is 4.79 Å². The minimum absolute atomic E-state index is 0.00584. The molecule has 0 aliphatic carbocycles. The summed E-state index contributed by atoms with van der Waals surface area (Å²) in [5.41, 5.74) is 0.984. The zero-order valence-corrected chi connectivity index (χ0v) is 11.6. The van der Waals surface area contributed by atoms with E-state index in [-0.39, 0.29) is 5.91 Å². The van der Waals surface area contributed by atoms with Gasteiger partial charge in [0.2, 0.25) is 5.91 Å². The average molecular weight is 276 g/mol. The number of aromatic nitrogens is 1. The number of nitrogens with zero attached hydrogens (tertiary/aromatic N) is 1. The van der Waals surface area contributed by atoms with Crippen LogP contribution in [0.4, 0.5) is 0 Å². The van der Waals surface area contributed by atoms with E-state index in [4.69, 9.17) is 4.42 Å². The van der Waals surface area contributed by atoms with Crippen molar-refractivity contribution >= 4 is 17.7 Å². The minimum atomic E-state index is 0.00584. The Balaban J connectivity index is 1.90. The Kier molecular flexibility index (Phi) is 5.03. The van der Waals surface area contributed by atoms with E-state index in [1.165, 1.54) is 11.8 Å². The van der Waals surface area contributed by atoms with Crippen LogP contribution < -0.4 is 5.32 Å². The van der Waals surface area contributed by atoms with Gasteiger partial charge in [-0.3, -0.25) is 4.79 Å². The average Bonchev–Trinajstić information content (AvgIpc) is 2.93. The normalized spacial score (nSPS) is 10.4. The molecule has 4 nitrogen and oxygen atoms in total. The van der Waals surface area contributed by atoms with Gasteiger partial charge in [-0.15, -0.1) is 0 Å². The van der Waals surface area contributed by atoms with Crippen LogP contribution in [-0.2, 0) is 4.79 Å². The second-order valence-corrected chi connectivity index (χ2v) is 4.92. The molecule has 5 heteroatoms. The number of benzene rings is 1. The van der Waals surface area contributed by atoms with Gasteiger partial charge in [0, 0.05) is 12.1 Å². The van der Waals surface area contributed by atoms with E-state index in [1.54, 1.807) is 6.20 Å². The molecule has 0 atom stereocenters. The highest BCUT2D eigenvalue weighted by Crippen LogP contribution is 2.24. The number of oxazole rings is 1. The van der Waals surface area contributed by atoms with Crippen molar-refractivity contribution in [3.05, 3.63) is 36.5 Å². The number of hydrogen-bond donors (Lipinski definition) is 1. The Morgan fingerprint density at radius 3 is 2.89 bits per heavy atom. The van der Waals surface area contributed by atoms with Gasteiger partial charge in [-0.2, -0.15) is 0 Å². The molecule has 100 valence electrons.